The molecule has 0 aromatic heterocycles. The maximum Gasteiger partial charge on any atom is 0.324 e. The number of methoxy groups -OCH3 is 4. The van der Waals surface area contributed by atoms with Crippen molar-refractivity contribution >= 4 is 18.2 Å². The number of aldehydes is 1. The number of hydrogen-bond acceptors (Lipinski definition) is 7. The van der Waals surface area contributed by atoms with Gasteiger partial charge in [0.15, 0.2) is 16.9 Å². The van der Waals surface area contributed by atoms with Gasteiger partial charge in [-0.3, -0.25) is 9.59 Å². The highest BCUT2D eigenvalue weighted by Crippen LogP contribution is 2.65. The molecule has 7 nitrogen and oxygen atoms in total. The Hall–Kier alpha value is -2.57. The molecule has 0 aliphatic heterocycles. The van der Waals surface area contributed by atoms with Crippen LogP contribution in [0.3, 0.4) is 0 Å². The van der Waals surface area contributed by atoms with E-state index in [1.54, 1.807) is 18.2 Å². The van der Waals surface area contributed by atoms with Crippen molar-refractivity contribution in [1.29, 1.82) is 0 Å². The molecule has 1 fully saturated rings. The third-order valence-electron chi connectivity index (χ3n) is 4.23. The van der Waals surface area contributed by atoms with E-state index >= 15 is 0 Å². The first-order valence-corrected chi connectivity index (χ1v) is 6.86. The maximum atomic E-state index is 12.2. The van der Waals surface area contributed by atoms with E-state index in [9.17, 15) is 14.4 Å². The van der Waals surface area contributed by atoms with Gasteiger partial charge >= 0.3 is 11.9 Å². The number of carbonyl (C=O) groups is 3. The van der Waals surface area contributed by atoms with Gasteiger partial charge in [-0.2, -0.15) is 0 Å². The molecule has 2 atom stereocenters. The van der Waals surface area contributed by atoms with Gasteiger partial charge in [-0.15, -0.1) is 0 Å². The van der Waals surface area contributed by atoms with E-state index in [-0.39, 0.29) is 0 Å². The first kappa shape index (κ1) is 16.8. The topological polar surface area (TPSA) is 88.1 Å². The summed E-state index contributed by atoms with van der Waals surface area (Å²) in [6.07, 6.45) is 0.579. The second kappa shape index (κ2) is 6.28. The van der Waals surface area contributed by atoms with Gasteiger partial charge in [0.05, 0.1) is 34.4 Å². The summed E-state index contributed by atoms with van der Waals surface area (Å²) >= 11 is 0. The zero-order valence-electron chi connectivity index (χ0n) is 13.3. The number of carbonyl (C=O) groups excluding carboxylic acids is 3. The van der Waals surface area contributed by atoms with Crippen LogP contribution in [-0.2, 0) is 23.9 Å². The predicted molar refractivity (Wildman–Crippen MR) is 78.3 cm³/mol. The molecule has 0 amide bonds. The highest BCUT2D eigenvalue weighted by Gasteiger charge is 2.77. The normalized spacial score (nSPS) is 21.0. The predicted octanol–water partition coefficient (Wildman–Crippen LogP) is 0.948. The lowest BCUT2D eigenvalue weighted by molar-refractivity contribution is -0.162. The molecule has 7 heteroatoms. The Kier molecular flexibility index (Phi) is 4.58. The zero-order valence-corrected chi connectivity index (χ0v) is 13.3. The molecule has 0 saturated heterocycles. The maximum absolute atomic E-state index is 12.2. The minimum atomic E-state index is -1.65. The molecule has 23 heavy (non-hydrogen) atoms. The Morgan fingerprint density at radius 1 is 1.00 bits per heavy atom. The number of ether oxygens (including phenoxy) is 4. The lowest BCUT2D eigenvalue weighted by Crippen LogP contribution is -2.32. The molecule has 0 N–H and O–H groups in total. The second-order valence-corrected chi connectivity index (χ2v) is 5.11. The van der Waals surface area contributed by atoms with Crippen molar-refractivity contribution in [3.05, 3.63) is 23.8 Å². The molecule has 1 aliphatic carbocycles. The van der Waals surface area contributed by atoms with Crippen molar-refractivity contribution < 1.29 is 33.3 Å². The SMILES string of the molecule is COC(=O)C1(C(=O)OC)[C@@H](C=O)[C@@H]1c1ccc(OC)c(OC)c1. The summed E-state index contributed by atoms with van der Waals surface area (Å²) in [5.41, 5.74) is -1.05. The molecule has 1 aromatic carbocycles. The van der Waals surface area contributed by atoms with Crippen LogP contribution < -0.4 is 9.47 Å². The fourth-order valence-electron chi connectivity index (χ4n) is 3.06. The van der Waals surface area contributed by atoms with Crippen LogP contribution in [-0.4, -0.2) is 46.7 Å². The summed E-state index contributed by atoms with van der Waals surface area (Å²) in [6.45, 7) is 0. The van der Waals surface area contributed by atoms with Crippen LogP contribution in [0.25, 0.3) is 0 Å². The monoisotopic (exact) mass is 322 g/mol. The standard InChI is InChI=1S/C16H18O7/c1-20-11-6-5-9(7-12(11)21-2)13-10(8-17)16(13,14(18)22-3)15(19)23-4/h5-8,10,13H,1-4H3/t10-,13-/m0/s1. The van der Waals surface area contributed by atoms with Gasteiger partial charge in [0, 0.05) is 5.92 Å². The van der Waals surface area contributed by atoms with E-state index in [0.717, 1.165) is 0 Å². The highest BCUT2D eigenvalue weighted by molar-refractivity contribution is 6.09. The third-order valence-corrected chi connectivity index (χ3v) is 4.23. The Morgan fingerprint density at radius 3 is 2.00 bits per heavy atom. The van der Waals surface area contributed by atoms with Crippen LogP contribution in [0.5, 0.6) is 11.5 Å². The molecule has 0 spiro atoms. The first-order valence-electron chi connectivity index (χ1n) is 6.86. The van der Waals surface area contributed by atoms with Crippen molar-refractivity contribution in [3.8, 4) is 11.5 Å². The van der Waals surface area contributed by atoms with E-state index in [2.05, 4.69) is 0 Å². The van der Waals surface area contributed by atoms with Crippen molar-refractivity contribution in [2.45, 2.75) is 5.92 Å². The summed E-state index contributed by atoms with van der Waals surface area (Å²) in [6, 6.07) is 4.96. The van der Waals surface area contributed by atoms with E-state index in [0.29, 0.717) is 23.3 Å². The Bertz CT molecular complexity index is 621. The Morgan fingerprint density at radius 2 is 1.57 bits per heavy atom. The lowest BCUT2D eigenvalue weighted by Gasteiger charge is -2.14. The Balaban J connectivity index is 2.51. The molecule has 0 unspecified atom stereocenters. The fourth-order valence-corrected chi connectivity index (χ4v) is 3.06. The molecule has 124 valence electrons. The van der Waals surface area contributed by atoms with Gasteiger partial charge < -0.3 is 23.7 Å². The molecule has 0 bridgehead atoms. The van der Waals surface area contributed by atoms with E-state index < -0.39 is 29.2 Å². The molecular weight excluding hydrogens is 304 g/mol. The summed E-state index contributed by atoms with van der Waals surface area (Å²) in [5.74, 6) is -2.16. The van der Waals surface area contributed by atoms with E-state index in [1.807, 2.05) is 0 Å². The van der Waals surface area contributed by atoms with Gasteiger partial charge in [-0.05, 0) is 17.7 Å². The summed E-state index contributed by atoms with van der Waals surface area (Å²) in [5, 5.41) is 0. The van der Waals surface area contributed by atoms with Crippen LogP contribution in [0.4, 0.5) is 0 Å². The molecule has 2 rings (SSSR count). The Labute approximate surface area is 133 Å². The zero-order chi connectivity index (χ0) is 17.2. The first-order chi connectivity index (χ1) is 11.0. The number of benzene rings is 1. The third kappa shape index (κ3) is 2.32. The fraction of sp³-hybridized carbons (Fsp3) is 0.438. The van der Waals surface area contributed by atoms with Gasteiger partial charge in [0.2, 0.25) is 0 Å². The van der Waals surface area contributed by atoms with Crippen LogP contribution in [0, 0.1) is 11.3 Å². The lowest BCUT2D eigenvalue weighted by atomic mass is 9.98. The van der Waals surface area contributed by atoms with Crippen LogP contribution >= 0.6 is 0 Å². The van der Waals surface area contributed by atoms with Crippen LogP contribution in [0.1, 0.15) is 11.5 Å². The van der Waals surface area contributed by atoms with Crippen molar-refractivity contribution in [1.82, 2.24) is 0 Å². The molecule has 0 radical (unpaired) electrons. The van der Waals surface area contributed by atoms with Gasteiger partial charge in [-0.25, -0.2) is 0 Å². The van der Waals surface area contributed by atoms with Gasteiger partial charge in [-0.1, -0.05) is 6.07 Å². The minimum Gasteiger partial charge on any atom is -0.493 e. The van der Waals surface area contributed by atoms with Crippen LogP contribution in [0.15, 0.2) is 18.2 Å². The number of rotatable bonds is 6. The smallest absolute Gasteiger partial charge is 0.324 e. The van der Waals surface area contributed by atoms with Crippen LogP contribution in [0.2, 0.25) is 0 Å². The van der Waals surface area contributed by atoms with Gasteiger partial charge in [0.25, 0.3) is 0 Å². The molecule has 1 saturated carbocycles. The minimum absolute atomic E-state index is 0.435. The van der Waals surface area contributed by atoms with E-state index in [1.165, 1.54) is 28.4 Å². The van der Waals surface area contributed by atoms with Crippen molar-refractivity contribution in [2.75, 3.05) is 28.4 Å². The van der Waals surface area contributed by atoms with Crippen molar-refractivity contribution in [3.63, 3.8) is 0 Å². The van der Waals surface area contributed by atoms with Gasteiger partial charge in [0.1, 0.15) is 6.29 Å². The second-order valence-electron chi connectivity index (χ2n) is 5.11. The summed E-state index contributed by atoms with van der Waals surface area (Å²) in [7, 11) is 5.30. The summed E-state index contributed by atoms with van der Waals surface area (Å²) < 4.78 is 19.8. The van der Waals surface area contributed by atoms with Crippen molar-refractivity contribution in [2.24, 2.45) is 11.3 Å². The number of esters is 2. The summed E-state index contributed by atoms with van der Waals surface area (Å²) in [4.78, 5) is 35.8. The van der Waals surface area contributed by atoms with E-state index in [4.69, 9.17) is 18.9 Å². The molecule has 1 aromatic rings. The average Bonchev–Trinajstić information content (AvgIpc) is 3.29. The molecule has 0 heterocycles. The number of hydrogen-bond donors (Lipinski definition) is 0. The largest absolute Gasteiger partial charge is 0.493 e. The molecule has 1 aliphatic rings. The average molecular weight is 322 g/mol. The highest BCUT2D eigenvalue weighted by atomic mass is 16.5. The quantitative estimate of drug-likeness (QED) is 0.437. The molecular formula is C16H18O7.